The van der Waals surface area contributed by atoms with Crippen LogP contribution in [-0.2, 0) is 4.79 Å². The summed E-state index contributed by atoms with van der Waals surface area (Å²) in [5.41, 5.74) is 1.72. The van der Waals surface area contributed by atoms with Crippen molar-refractivity contribution in [3.63, 3.8) is 0 Å². The number of hydrogen-bond acceptors (Lipinski definition) is 3. The minimum absolute atomic E-state index is 0.302. The van der Waals surface area contributed by atoms with E-state index in [2.05, 4.69) is 19.2 Å². The average Bonchev–Trinajstić information content (AvgIpc) is 2.35. The molecular weight excluding hydrogens is 228 g/mol. The van der Waals surface area contributed by atoms with Crippen LogP contribution in [0.2, 0.25) is 0 Å². The molecule has 0 radical (unpaired) electrons. The first-order chi connectivity index (χ1) is 8.58. The van der Waals surface area contributed by atoms with Crippen LogP contribution in [0.1, 0.15) is 25.8 Å². The van der Waals surface area contributed by atoms with Gasteiger partial charge in [0.25, 0.3) is 5.91 Å². The van der Waals surface area contributed by atoms with Crippen molar-refractivity contribution < 1.29 is 10.0 Å². The Morgan fingerprint density at radius 3 is 2.61 bits per heavy atom. The summed E-state index contributed by atoms with van der Waals surface area (Å²) in [7, 11) is 0. The van der Waals surface area contributed by atoms with Crippen LogP contribution in [0.15, 0.2) is 36.5 Å². The second-order valence-electron chi connectivity index (χ2n) is 4.92. The molecular formula is C14H18N2O2. The standard InChI is InChI=1S/C14H18N2O2/c1-10(2)8-12-14(17)16(18)9-13(15-12)11-6-4-3-5-7-11/h3-7,9-10,12,15,18H,8H2,1-2H3. The third-order valence-corrected chi connectivity index (χ3v) is 2.90. The minimum atomic E-state index is -0.366. The summed E-state index contributed by atoms with van der Waals surface area (Å²) >= 11 is 0. The molecule has 1 unspecified atom stereocenters. The van der Waals surface area contributed by atoms with E-state index in [0.717, 1.165) is 11.3 Å². The number of nitrogens with zero attached hydrogens (tertiary/aromatic N) is 1. The molecule has 0 saturated heterocycles. The van der Waals surface area contributed by atoms with E-state index in [4.69, 9.17) is 0 Å². The molecule has 1 amide bonds. The molecule has 4 nitrogen and oxygen atoms in total. The van der Waals surface area contributed by atoms with Gasteiger partial charge in [-0.3, -0.25) is 10.0 Å². The zero-order chi connectivity index (χ0) is 13.1. The van der Waals surface area contributed by atoms with Crippen LogP contribution in [0.3, 0.4) is 0 Å². The van der Waals surface area contributed by atoms with Gasteiger partial charge >= 0.3 is 0 Å². The second-order valence-corrected chi connectivity index (χ2v) is 4.92. The van der Waals surface area contributed by atoms with E-state index in [9.17, 15) is 10.0 Å². The zero-order valence-corrected chi connectivity index (χ0v) is 10.6. The number of benzene rings is 1. The molecule has 1 aromatic carbocycles. The van der Waals surface area contributed by atoms with E-state index in [1.54, 1.807) is 0 Å². The maximum Gasteiger partial charge on any atom is 0.272 e. The van der Waals surface area contributed by atoms with Crippen LogP contribution in [0, 0.1) is 5.92 Å². The van der Waals surface area contributed by atoms with Crippen molar-refractivity contribution in [2.75, 3.05) is 0 Å². The molecule has 1 aliphatic heterocycles. The summed E-state index contributed by atoms with van der Waals surface area (Å²) in [5, 5.41) is 13.5. The first-order valence-corrected chi connectivity index (χ1v) is 6.13. The van der Waals surface area contributed by atoms with Gasteiger partial charge in [-0.15, -0.1) is 0 Å². The van der Waals surface area contributed by atoms with Crippen LogP contribution in [0.4, 0.5) is 0 Å². The van der Waals surface area contributed by atoms with Crippen molar-refractivity contribution in [2.45, 2.75) is 26.3 Å². The molecule has 0 saturated carbocycles. The quantitative estimate of drug-likeness (QED) is 0.804. The van der Waals surface area contributed by atoms with E-state index < -0.39 is 0 Å². The highest BCUT2D eigenvalue weighted by Crippen LogP contribution is 2.20. The normalized spacial score (nSPS) is 19.8. The molecule has 0 fully saturated rings. The Bertz CT molecular complexity index is 454. The van der Waals surface area contributed by atoms with Crippen molar-refractivity contribution in [3.8, 4) is 0 Å². The Morgan fingerprint density at radius 2 is 2.00 bits per heavy atom. The van der Waals surface area contributed by atoms with Gasteiger partial charge < -0.3 is 5.32 Å². The van der Waals surface area contributed by atoms with Crippen LogP contribution in [0.5, 0.6) is 0 Å². The summed E-state index contributed by atoms with van der Waals surface area (Å²) in [5.74, 6) is 0.0818. The first kappa shape index (κ1) is 12.6. The van der Waals surface area contributed by atoms with Gasteiger partial charge in [0.05, 0.1) is 11.9 Å². The highest BCUT2D eigenvalue weighted by atomic mass is 16.5. The number of nitrogens with one attached hydrogen (secondary N) is 1. The fourth-order valence-electron chi connectivity index (χ4n) is 2.04. The van der Waals surface area contributed by atoms with Crippen LogP contribution in [0.25, 0.3) is 5.70 Å². The molecule has 0 aliphatic carbocycles. The summed E-state index contributed by atoms with van der Waals surface area (Å²) in [4.78, 5) is 11.8. The lowest BCUT2D eigenvalue weighted by molar-refractivity contribution is -0.157. The number of carbonyl (C=O) groups is 1. The lowest BCUT2D eigenvalue weighted by Crippen LogP contribution is -2.47. The van der Waals surface area contributed by atoms with Gasteiger partial charge in [-0.05, 0) is 17.9 Å². The summed E-state index contributed by atoms with van der Waals surface area (Å²) in [6.45, 7) is 4.11. The molecule has 18 heavy (non-hydrogen) atoms. The molecule has 1 aromatic rings. The van der Waals surface area contributed by atoms with E-state index in [1.165, 1.54) is 6.20 Å². The molecule has 0 spiro atoms. The number of hydrogen-bond donors (Lipinski definition) is 2. The molecule has 2 rings (SSSR count). The number of carbonyl (C=O) groups excluding carboxylic acids is 1. The van der Waals surface area contributed by atoms with Crippen LogP contribution >= 0.6 is 0 Å². The molecule has 1 atom stereocenters. The molecule has 2 N–H and O–H groups in total. The first-order valence-electron chi connectivity index (χ1n) is 6.13. The highest BCUT2D eigenvalue weighted by Gasteiger charge is 2.28. The van der Waals surface area contributed by atoms with E-state index in [-0.39, 0.29) is 11.9 Å². The number of amides is 1. The highest BCUT2D eigenvalue weighted by molar-refractivity contribution is 5.87. The van der Waals surface area contributed by atoms with Crippen molar-refractivity contribution >= 4 is 11.6 Å². The molecule has 0 aromatic heterocycles. The van der Waals surface area contributed by atoms with Crippen molar-refractivity contribution in [1.82, 2.24) is 10.4 Å². The maximum absolute atomic E-state index is 11.8. The van der Waals surface area contributed by atoms with Gasteiger partial charge in [-0.2, -0.15) is 5.06 Å². The Labute approximate surface area is 107 Å². The molecule has 96 valence electrons. The second kappa shape index (κ2) is 5.23. The van der Waals surface area contributed by atoms with Crippen molar-refractivity contribution in [1.29, 1.82) is 0 Å². The number of rotatable bonds is 3. The van der Waals surface area contributed by atoms with Crippen LogP contribution < -0.4 is 5.32 Å². The van der Waals surface area contributed by atoms with Gasteiger partial charge in [0.1, 0.15) is 6.04 Å². The molecule has 0 bridgehead atoms. The van der Waals surface area contributed by atoms with E-state index in [1.807, 2.05) is 30.3 Å². The summed E-state index contributed by atoms with van der Waals surface area (Å²) in [6, 6.07) is 9.29. The van der Waals surface area contributed by atoms with Gasteiger partial charge in [-0.1, -0.05) is 44.2 Å². The Balaban J connectivity index is 2.23. The topological polar surface area (TPSA) is 52.6 Å². The largest absolute Gasteiger partial charge is 0.372 e. The number of hydroxylamine groups is 2. The van der Waals surface area contributed by atoms with Crippen LogP contribution in [-0.4, -0.2) is 22.2 Å². The maximum atomic E-state index is 11.8. The van der Waals surface area contributed by atoms with Crippen molar-refractivity contribution in [2.24, 2.45) is 5.92 Å². The monoisotopic (exact) mass is 246 g/mol. The predicted molar refractivity (Wildman–Crippen MR) is 69.4 cm³/mol. The molecule has 4 heteroatoms. The zero-order valence-electron chi connectivity index (χ0n) is 10.6. The SMILES string of the molecule is CC(C)CC1NC(c2ccccc2)=CN(O)C1=O. The fraction of sp³-hybridized carbons (Fsp3) is 0.357. The molecule has 1 aliphatic rings. The Morgan fingerprint density at radius 1 is 1.33 bits per heavy atom. The molecule has 1 heterocycles. The average molecular weight is 246 g/mol. The Hall–Kier alpha value is -1.81. The smallest absolute Gasteiger partial charge is 0.272 e. The van der Waals surface area contributed by atoms with Gasteiger partial charge in [0.15, 0.2) is 0 Å². The Kier molecular flexibility index (Phi) is 3.67. The van der Waals surface area contributed by atoms with Gasteiger partial charge in [-0.25, -0.2) is 0 Å². The third kappa shape index (κ3) is 2.71. The van der Waals surface area contributed by atoms with E-state index >= 15 is 0 Å². The van der Waals surface area contributed by atoms with Gasteiger partial charge in [0.2, 0.25) is 0 Å². The third-order valence-electron chi connectivity index (χ3n) is 2.90. The fourth-order valence-corrected chi connectivity index (χ4v) is 2.04. The minimum Gasteiger partial charge on any atom is -0.372 e. The van der Waals surface area contributed by atoms with Gasteiger partial charge in [0, 0.05) is 0 Å². The van der Waals surface area contributed by atoms with E-state index in [0.29, 0.717) is 17.4 Å². The lowest BCUT2D eigenvalue weighted by atomic mass is 10.0. The summed E-state index contributed by atoms with van der Waals surface area (Å²) < 4.78 is 0. The lowest BCUT2D eigenvalue weighted by Gasteiger charge is -2.29. The van der Waals surface area contributed by atoms with Crippen molar-refractivity contribution in [3.05, 3.63) is 42.1 Å². The summed E-state index contributed by atoms with van der Waals surface area (Å²) in [6.07, 6.45) is 2.12. The predicted octanol–water partition coefficient (Wildman–Crippen LogP) is 2.22.